The largest absolute Gasteiger partial charge is 0.462 e. The van der Waals surface area contributed by atoms with Crippen LogP contribution in [-0.4, -0.2) is 18.4 Å². The average Bonchev–Trinajstić information content (AvgIpc) is 2.27. The van der Waals surface area contributed by atoms with Crippen LogP contribution in [0.25, 0.3) is 0 Å². The van der Waals surface area contributed by atoms with E-state index in [-0.39, 0.29) is 10.8 Å². The van der Waals surface area contributed by atoms with Crippen molar-refractivity contribution in [3.05, 3.63) is 34.3 Å². The van der Waals surface area contributed by atoms with Crippen LogP contribution in [0.15, 0.2) is 18.2 Å². The van der Waals surface area contributed by atoms with Crippen molar-refractivity contribution in [2.75, 3.05) is 6.61 Å². The Morgan fingerprint density at radius 1 is 1.47 bits per heavy atom. The second kappa shape index (κ2) is 6.17. The summed E-state index contributed by atoms with van der Waals surface area (Å²) in [6, 6.07) is 4.83. The van der Waals surface area contributed by atoms with Crippen LogP contribution in [0.2, 0.25) is 5.02 Å². The van der Waals surface area contributed by atoms with Crippen molar-refractivity contribution in [1.82, 2.24) is 0 Å². The zero-order chi connectivity index (χ0) is 13.0. The van der Waals surface area contributed by atoms with Gasteiger partial charge in [-0.15, -0.1) is 0 Å². The molecule has 1 unspecified atom stereocenters. The predicted octanol–water partition coefficient (Wildman–Crippen LogP) is 3.54. The SMILES string of the molecule is CCOC(=O)c1ccc(C(Br)C(C)=O)cc1Cl. The molecule has 0 aliphatic heterocycles. The Bertz CT molecular complexity index is 445. The second-order valence-electron chi connectivity index (χ2n) is 3.43. The van der Waals surface area contributed by atoms with Crippen LogP contribution in [0.4, 0.5) is 0 Å². The zero-order valence-electron chi connectivity index (χ0n) is 9.50. The van der Waals surface area contributed by atoms with Crippen LogP contribution in [-0.2, 0) is 9.53 Å². The summed E-state index contributed by atoms with van der Waals surface area (Å²) in [7, 11) is 0. The Kier molecular flexibility index (Phi) is 5.15. The maximum atomic E-state index is 11.5. The molecule has 0 radical (unpaired) electrons. The molecule has 17 heavy (non-hydrogen) atoms. The van der Waals surface area contributed by atoms with E-state index >= 15 is 0 Å². The third-order valence-electron chi connectivity index (χ3n) is 2.14. The van der Waals surface area contributed by atoms with Gasteiger partial charge in [0.15, 0.2) is 0 Å². The first-order chi connectivity index (χ1) is 7.97. The first kappa shape index (κ1) is 14.2. The number of halogens is 2. The molecule has 3 nitrogen and oxygen atoms in total. The molecule has 1 aromatic rings. The van der Waals surface area contributed by atoms with Gasteiger partial charge in [0.2, 0.25) is 0 Å². The topological polar surface area (TPSA) is 43.4 Å². The predicted molar refractivity (Wildman–Crippen MR) is 69.8 cm³/mol. The van der Waals surface area contributed by atoms with Gasteiger partial charge < -0.3 is 4.74 Å². The van der Waals surface area contributed by atoms with E-state index in [1.807, 2.05) is 0 Å². The van der Waals surface area contributed by atoms with E-state index in [0.29, 0.717) is 12.2 Å². The van der Waals surface area contributed by atoms with Crippen LogP contribution < -0.4 is 0 Å². The van der Waals surface area contributed by atoms with Gasteiger partial charge in [0.25, 0.3) is 0 Å². The maximum absolute atomic E-state index is 11.5. The standard InChI is InChI=1S/C12H12BrClO3/c1-3-17-12(16)9-5-4-8(6-10(9)14)11(13)7(2)15/h4-6,11H,3H2,1-2H3. The van der Waals surface area contributed by atoms with Gasteiger partial charge >= 0.3 is 5.97 Å². The molecule has 0 fully saturated rings. The fourth-order valence-corrected chi connectivity index (χ4v) is 1.85. The molecule has 0 aromatic heterocycles. The molecule has 0 N–H and O–H groups in total. The Morgan fingerprint density at radius 3 is 2.59 bits per heavy atom. The van der Waals surface area contributed by atoms with Gasteiger partial charge in [-0.25, -0.2) is 4.79 Å². The molecular formula is C12H12BrClO3. The van der Waals surface area contributed by atoms with Gasteiger partial charge in [0.1, 0.15) is 5.78 Å². The van der Waals surface area contributed by atoms with Crippen LogP contribution in [0.3, 0.4) is 0 Å². The lowest BCUT2D eigenvalue weighted by molar-refractivity contribution is -0.116. The zero-order valence-corrected chi connectivity index (χ0v) is 11.8. The molecule has 0 saturated carbocycles. The Labute approximate surface area is 113 Å². The number of esters is 1. The lowest BCUT2D eigenvalue weighted by Crippen LogP contribution is -2.07. The van der Waals surface area contributed by atoms with Crippen molar-refractivity contribution < 1.29 is 14.3 Å². The molecule has 0 aliphatic carbocycles. The summed E-state index contributed by atoms with van der Waals surface area (Å²) in [5.41, 5.74) is 1.02. The molecule has 5 heteroatoms. The summed E-state index contributed by atoms with van der Waals surface area (Å²) in [4.78, 5) is 22.3. The molecule has 0 aliphatic rings. The number of carbonyl (C=O) groups is 2. The van der Waals surface area contributed by atoms with Crippen molar-refractivity contribution in [1.29, 1.82) is 0 Å². The van der Waals surface area contributed by atoms with Gasteiger partial charge in [-0.1, -0.05) is 33.6 Å². The van der Waals surface area contributed by atoms with Crippen molar-refractivity contribution in [2.24, 2.45) is 0 Å². The molecule has 0 heterocycles. The summed E-state index contributed by atoms with van der Waals surface area (Å²) in [6.07, 6.45) is 0. The highest BCUT2D eigenvalue weighted by Gasteiger charge is 2.17. The normalized spacial score (nSPS) is 12.0. The number of ether oxygens (including phenoxy) is 1. The molecule has 0 amide bonds. The van der Waals surface area contributed by atoms with E-state index in [4.69, 9.17) is 16.3 Å². The van der Waals surface area contributed by atoms with E-state index in [9.17, 15) is 9.59 Å². The highest BCUT2D eigenvalue weighted by Crippen LogP contribution is 2.28. The third-order valence-corrected chi connectivity index (χ3v) is 3.62. The van der Waals surface area contributed by atoms with Crippen LogP contribution >= 0.6 is 27.5 Å². The Hall–Kier alpha value is -0.870. The molecule has 1 atom stereocenters. The second-order valence-corrected chi connectivity index (χ2v) is 4.76. The average molecular weight is 320 g/mol. The first-order valence-corrected chi connectivity index (χ1v) is 6.37. The first-order valence-electron chi connectivity index (χ1n) is 5.08. The molecule has 0 spiro atoms. The number of hydrogen-bond acceptors (Lipinski definition) is 3. The molecule has 1 rings (SSSR count). The van der Waals surface area contributed by atoms with Gasteiger partial charge in [-0.3, -0.25) is 4.79 Å². The van der Waals surface area contributed by atoms with Crippen molar-refractivity contribution in [2.45, 2.75) is 18.7 Å². The van der Waals surface area contributed by atoms with Crippen molar-refractivity contribution in [3.8, 4) is 0 Å². The number of rotatable bonds is 4. The quantitative estimate of drug-likeness (QED) is 0.630. The lowest BCUT2D eigenvalue weighted by atomic mass is 10.1. The maximum Gasteiger partial charge on any atom is 0.339 e. The summed E-state index contributed by atoms with van der Waals surface area (Å²) >= 11 is 9.23. The summed E-state index contributed by atoms with van der Waals surface area (Å²) < 4.78 is 4.85. The summed E-state index contributed by atoms with van der Waals surface area (Å²) in [5.74, 6) is -0.483. The fraction of sp³-hybridized carbons (Fsp3) is 0.333. The van der Waals surface area contributed by atoms with Crippen LogP contribution in [0.5, 0.6) is 0 Å². The van der Waals surface area contributed by atoms with Gasteiger partial charge in [0, 0.05) is 0 Å². The summed E-state index contributed by atoms with van der Waals surface area (Å²) in [5, 5.41) is 0.284. The number of benzene rings is 1. The monoisotopic (exact) mass is 318 g/mol. The smallest absolute Gasteiger partial charge is 0.339 e. The van der Waals surface area contributed by atoms with Gasteiger partial charge in [0.05, 0.1) is 22.0 Å². The van der Waals surface area contributed by atoms with E-state index < -0.39 is 10.8 Å². The Balaban J connectivity index is 3.01. The van der Waals surface area contributed by atoms with Crippen molar-refractivity contribution >= 4 is 39.3 Å². The van der Waals surface area contributed by atoms with Crippen LogP contribution in [0.1, 0.15) is 34.6 Å². The molecule has 0 bridgehead atoms. The van der Waals surface area contributed by atoms with Gasteiger partial charge in [-0.05, 0) is 31.5 Å². The Morgan fingerprint density at radius 2 is 2.12 bits per heavy atom. The number of hydrogen-bond donors (Lipinski definition) is 0. The molecular weight excluding hydrogens is 307 g/mol. The third kappa shape index (κ3) is 3.54. The molecule has 0 saturated heterocycles. The highest BCUT2D eigenvalue weighted by molar-refractivity contribution is 9.09. The van der Waals surface area contributed by atoms with Crippen molar-refractivity contribution in [3.63, 3.8) is 0 Å². The van der Waals surface area contributed by atoms with E-state index in [0.717, 1.165) is 5.56 Å². The summed E-state index contributed by atoms with van der Waals surface area (Å²) in [6.45, 7) is 3.50. The lowest BCUT2D eigenvalue weighted by Gasteiger charge is -2.09. The number of carbonyl (C=O) groups excluding carboxylic acids is 2. The minimum atomic E-state index is -0.460. The minimum Gasteiger partial charge on any atom is -0.462 e. The number of ketones is 1. The van der Waals surface area contributed by atoms with E-state index in [1.54, 1.807) is 25.1 Å². The molecule has 92 valence electrons. The highest BCUT2D eigenvalue weighted by atomic mass is 79.9. The fourth-order valence-electron chi connectivity index (χ4n) is 1.30. The van der Waals surface area contributed by atoms with E-state index in [1.165, 1.54) is 6.92 Å². The molecule has 1 aromatic carbocycles. The van der Waals surface area contributed by atoms with E-state index in [2.05, 4.69) is 15.9 Å². The number of alkyl halides is 1. The van der Waals surface area contributed by atoms with Crippen LogP contribution in [0, 0.1) is 0 Å². The minimum absolute atomic E-state index is 0.0232. The van der Waals surface area contributed by atoms with Gasteiger partial charge in [-0.2, -0.15) is 0 Å². The number of Topliss-reactive ketones (excluding diaryl/α,β-unsaturated/α-hetero) is 1.